The zero-order chi connectivity index (χ0) is 21.5. The lowest BCUT2D eigenvalue weighted by atomic mass is 9.81. The van der Waals surface area contributed by atoms with Gasteiger partial charge in [0.2, 0.25) is 0 Å². The van der Waals surface area contributed by atoms with Gasteiger partial charge in [-0.05, 0) is 43.0 Å². The molecule has 2 aromatic carbocycles. The zero-order valence-electron chi connectivity index (χ0n) is 17.9. The van der Waals surface area contributed by atoms with Crippen LogP contribution in [-0.2, 0) is 28.3 Å². The number of anilines is 1. The molecule has 1 aliphatic heterocycles. The van der Waals surface area contributed by atoms with Gasteiger partial charge in [0.05, 0.1) is 15.6 Å². The van der Waals surface area contributed by atoms with Crippen molar-refractivity contribution in [2.24, 2.45) is 5.92 Å². The average molecular weight is 441 g/mol. The Morgan fingerprint density at radius 1 is 1.13 bits per heavy atom. The van der Waals surface area contributed by atoms with Crippen molar-refractivity contribution in [3.05, 3.63) is 75.7 Å². The van der Waals surface area contributed by atoms with Crippen molar-refractivity contribution in [3.63, 3.8) is 0 Å². The number of benzene rings is 2. The van der Waals surface area contributed by atoms with Crippen LogP contribution in [-0.4, -0.2) is 19.9 Å². The number of rotatable bonds is 6. The summed E-state index contributed by atoms with van der Waals surface area (Å²) in [5.74, 6) is 0.571. The second-order valence-corrected chi connectivity index (χ2v) is 12.0. The third kappa shape index (κ3) is 3.91. The maximum absolute atomic E-state index is 13.5. The molecule has 0 aliphatic carbocycles. The van der Waals surface area contributed by atoms with Gasteiger partial charge in [0.25, 0.3) is 10.0 Å². The SMILES string of the molecule is Cc1ccc(S(=O)(=O)N2CC(C)(Cc3cnc(CC(C)C)s3)c3ccccc32)cc1. The number of sulfonamides is 1. The lowest BCUT2D eigenvalue weighted by Gasteiger charge is -2.25. The predicted molar refractivity (Wildman–Crippen MR) is 124 cm³/mol. The van der Waals surface area contributed by atoms with E-state index in [0.717, 1.165) is 34.7 Å². The molecule has 1 aromatic heterocycles. The fraction of sp³-hybridized carbons (Fsp3) is 0.375. The van der Waals surface area contributed by atoms with Crippen LogP contribution in [0.25, 0.3) is 0 Å². The smallest absolute Gasteiger partial charge is 0.264 e. The van der Waals surface area contributed by atoms with E-state index in [1.54, 1.807) is 27.8 Å². The molecule has 0 fully saturated rings. The molecule has 0 radical (unpaired) electrons. The van der Waals surface area contributed by atoms with Crippen LogP contribution in [0.5, 0.6) is 0 Å². The molecule has 0 amide bonds. The Labute approximate surface area is 183 Å². The Hall–Kier alpha value is -2.18. The molecular formula is C24H28N2O2S2. The first-order chi connectivity index (χ1) is 14.2. The Kier molecular flexibility index (Phi) is 5.49. The lowest BCUT2D eigenvalue weighted by molar-refractivity contribution is 0.508. The molecular weight excluding hydrogens is 412 g/mol. The van der Waals surface area contributed by atoms with E-state index in [1.807, 2.05) is 43.5 Å². The highest BCUT2D eigenvalue weighted by Crippen LogP contribution is 2.45. The van der Waals surface area contributed by atoms with E-state index in [4.69, 9.17) is 0 Å². The highest BCUT2D eigenvalue weighted by molar-refractivity contribution is 7.92. The summed E-state index contributed by atoms with van der Waals surface area (Å²) in [6.07, 6.45) is 3.72. The monoisotopic (exact) mass is 440 g/mol. The molecule has 2 heterocycles. The topological polar surface area (TPSA) is 50.3 Å². The number of thiazole rings is 1. The molecule has 0 N–H and O–H groups in total. The molecule has 6 heteroatoms. The minimum absolute atomic E-state index is 0.296. The summed E-state index contributed by atoms with van der Waals surface area (Å²) in [5.41, 5.74) is 2.62. The van der Waals surface area contributed by atoms with Crippen LogP contribution in [0.3, 0.4) is 0 Å². The molecule has 1 atom stereocenters. The second-order valence-electron chi connectivity index (χ2n) is 8.90. The third-order valence-electron chi connectivity index (χ3n) is 5.67. The second kappa shape index (κ2) is 7.82. The average Bonchev–Trinajstić information content (AvgIpc) is 3.24. The van der Waals surface area contributed by atoms with Crippen LogP contribution < -0.4 is 4.31 Å². The van der Waals surface area contributed by atoms with Gasteiger partial charge in [-0.2, -0.15) is 0 Å². The molecule has 1 unspecified atom stereocenters. The van der Waals surface area contributed by atoms with E-state index >= 15 is 0 Å². The van der Waals surface area contributed by atoms with Crippen molar-refractivity contribution >= 4 is 27.0 Å². The fourth-order valence-electron chi connectivity index (χ4n) is 4.15. The van der Waals surface area contributed by atoms with E-state index in [2.05, 4.69) is 31.8 Å². The Morgan fingerprint density at radius 3 is 2.53 bits per heavy atom. The lowest BCUT2D eigenvalue weighted by Crippen LogP contribution is -2.36. The van der Waals surface area contributed by atoms with Gasteiger partial charge in [0.1, 0.15) is 0 Å². The fourth-order valence-corrected chi connectivity index (χ4v) is 7.08. The van der Waals surface area contributed by atoms with Crippen molar-refractivity contribution in [2.75, 3.05) is 10.8 Å². The summed E-state index contributed by atoms with van der Waals surface area (Å²) in [5, 5.41) is 1.15. The van der Waals surface area contributed by atoms with Gasteiger partial charge in [-0.3, -0.25) is 4.31 Å². The molecule has 4 rings (SSSR count). The van der Waals surface area contributed by atoms with E-state index in [1.165, 1.54) is 4.88 Å². The molecule has 0 bridgehead atoms. The Bertz CT molecular complexity index is 1150. The molecule has 158 valence electrons. The standard InChI is InChI=1S/C24H28N2O2S2/c1-17(2)13-23-25-15-19(29-23)14-24(4)16-26(22-8-6-5-7-21(22)24)30(27,28)20-11-9-18(3)10-12-20/h5-12,15,17H,13-14,16H2,1-4H3. The molecule has 1 aliphatic rings. The van der Waals surface area contributed by atoms with Crippen molar-refractivity contribution in [2.45, 2.75) is 50.8 Å². The zero-order valence-corrected chi connectivity index (χ0v) is 19.6. The number of hydrogen-bond acceptors (Lipinski definition) is 4. The predicted octanol–water partition coefficient (Wildman–Crippen LogP) is 5.36. The number of hydrogen-bond donors (Lipinski definition) is 0. The van der Waals surface area contributed by atoms with Crippen molar-refractivity contribution in [1.29, 1.82) is 0 Å². The summed E-state index contributed by atoms with van der Waals surface area (Å²) in [7, 11) is -3.62. The van der Waals surface area contributed by atoms with Crippen molar-refractivity contribution in [3.8, 4) is 0 Å². The first-order valence-electron chi connectivity index (χ1n) is 10.3. The van der Waals surface area contributed by atoms with Gasteiger partial charge in [-0.25, -0.2) is 13.4 Å². The Balaban J connectivity index is 1.68. The van der Waals surface area contributed by atoms with Crippen molar-refractivity contribution in [1.82, 2.24) is 4.98 Å². The third-order valence-corrected chi connectivity index (χ3v) is 8.47. The number of fused-ring (bicyclic) bond motifs is 1. The van der Waals surface area contributed by atoms with E-state index in [0.29, 0.717) is 17.4 Å². The summed E-state index contributed by atoms with van der Waals surface area (Å²) in [6, 6.07) is 15.0. The van der Waals surface area contributed by atoms with E-state index < -0.39 is 10.0 Å². The normalized spacial score (nSPS) is 18.8. The van der Waals surface area contributed by atoms with Gasteiger partial charge in [0.15, 0.2) is 0 Å². The molecule has 4 nitrogen and oxygen atoms in total. The van der Waals surface area contributed by atoms with Gasteiger partial charge in [-0.1, -0.05) is 56.7 Å². The highest BCUT2D eigenvalue weighted by Gasteiger charge is 2.44. The first-order valence-corrected chi connectivity index (χ1v) is 12.6. The first kappa shape index (κ1) is 21.1. The molecule has 0 saturated heterocycles. The minimum atomic E-state index is -3.62. The van der Waals surface area contributed by atoms with Crippen LogP contribution in [0.4, 0.5) is 5.69 Å². The van der Waals surface area contributed by atoms with Crippen LogP contribution in [0.15, 0.2) is 59.6 Å². The van der Waals surface area contributed by atoms with Crippen LogP contribution in [0.2, 0.25) is 0 Å². The summed E-state index contributed by atoms with van der Waals surface area (Å²) in [4.78, 5) is 6.14. The largest absolute Gasteiger partial charge is 0.265 e. The van der Waals surface area contributed by atoms with E-state index in [9.17, 15) is 8.42 Å². The number of nitrogens with zero attached hydrogens (tertiary/aromatic N) is 2. The van der Waals surface area contributed by atoms with Crippen LogP contribution in [0, 0.1) is 12.8 Å². The molecule has 0 saturated carbocycles. The van der Waals surface area contributed by atoms with Gasteiger partial charge in [0, 0.05) is 29.5 Å². The van der Waals surface area contributed by atoms with Crippen LogP contribution in [0.1, 0.15) is 41.8 Å². The molecule has 0 spiro atoms. The van der Waals surface area contributed by atoms with Gasteiger partial charge >= 0.3 is 0 Å². The molecule has 3 aromatic rings. The minimum Gasteiger partial charge on any atom is -0.265 e. The maximum atomic E-state index is 13.5. The number of aryl methyl sites for hydroxylation is 1. The van der Waals surface area contributed by atoms with Gasteiger partial charge < -0.3 is 0 Å². The number of aromatic nitrogens is 1. The summed E-state index contributed by atoms with van der Waals surface area (Å²) >= 11 is 1.75. The summed E-state index contributed by atoms with van der Waals surface area (Å²) in [6.45, 7) is 8.95. The Morgan fingerprint density at radius 2 is 1.83 bits per heavy atom. The van der Waals surface area contributed by atoms with Crippen molar-refractivity contribution < 1.29 is 8.42 Å². The molecule has 30 heavy (non-hydrogen) atoms. The highest BCUT2D eigenvalue weighted by atomic mass is 32.2. The summed E-state index contributed by atoms with van der Waals surface area (Å²) < 4.78 is 28.6. The quantitative estimate of drug-likeness (QED) is 0.518. The van der Waals surface area contributed by atoms with Crippen LogP contribution >= 0.6 is 11.3 Å². The maximum Gasteiger partial charge on any atom is 0.264 e. The van der Waals surface area contributed by atoms with E-state index in [-0.39, 0.29) is 5.41 Å². The van der Waals surface area contributed by atoms with Gasteiger partial charge in [-0.15, -0.1) is 11.3 Å². The number of para-hydroxylation sites is 1.